The van der Waals surface area contributed by atoms with Crippen LogP contribution in [0.1, 0.15) is 252 Å². The summed E-state index contributed by atoms with van der Waals surface area (Å²) < 4.78 is 39.5. The Morgan fingerprint density at radius 1 is 0.392 bits per heavy atom. The minimum absolute atomic E-state index is 0.154. The van der Waals surface area contributed by atoms with Crippen LogP contribution in [0.25, 0.3) is 0 Å². The molecule has 74 heavy (non-hydrogen) atoms. The number of unbranched alkanes of at least 4 members (excludes halogenated alkanes) is 23. The van der Waals surface area contributed by atoms with Crippen molar-refractivity contribution in [2.75, 3.05) is 26.4 Å². The molecule has 0 aliphatic heterocycles. The normalized spacial score (nSPS) is 14.0. The summed E-state index contributed by atoms with van der Waals surface area (Å²) in [5.74, 6) is -1.51. The molecule has 0 aromatic rings. The van der Waals surface area contributed by atoms with Gasteiger partial charge in [0, 0.05) is 19.3 Å². The lowest BCUT2D eigenvalue weighted by Gasteiger charge is -2.21. The number of esters is 3. The van der Waals surface area contributed by atoms with Gasteiger partial charge in [-0.1, -0.05) is 209 Å². The van der Waals surface area contributed by atoms with Crippen LogP contribution in [0.3, 0.4) is 0 Å². The first kappa shape index (κ1) is 70.7. The molecule has 0 saturated carbocycles. The molecule has 0 fully saturated rings. The Bertz CT molecular complexity index is 1560. The minimum atomic E-state index is -4.76. The zero-order valence-corrected chi connectivity index (χ0v) is 47.9. The number of carbonyl (C=O) groups excluding carboxylic acids is 3. The summed E-state index contributed by atoms with van der Waals surface area (Å²) in [6, 6.07) is 0. The number of phosphoric ester groups is 1. The smallest absolute Gasteiger partial charge is 0.462 e. The topological polar surface area (TPSA) is 155 Å². The van der Waals surface area contributed by atoms with Crippen LogP contribution in [0, 0.1) is 0 Å². The molecule has 2 N–H and O–H groups in total. The van der Waals surface area contributed by atoms with Gasteiger partial charge in [-0.05, 0) is 109 Å². The Balaban J connectivity index is 4.77. The van der Waals surface area contributed by atoms with E-state index in [1.54, 1.807) is 0 Å². The van der Waals surface area contributed by atoms with Crippen LogP contribution in [0.4, 0.5) is 0 Å². The van der Waals surface area contributed by atoms with Crippen LogP contribution in [0.5, 0.6) is 0 Å². The molecular formula is C62H107O11P. The van der Waals surface area contributed by atoms with Crippen molar-refractivity contribution in [2.45, 2.75) is 264 Å². The summed E-state index contributed by atoms with van der Waals surface area (Å²) in [5.41, 5.74) is 0. The third-order valence-corrected chi connectivity index (χ3v) is 13.2. The quantitative estimate of drug-likeness (QED) is 0.0197. The Kier molecular flexibility index (Phi) is 53.4. The van der Waals surface area contributed by atoms with Gasteiger partial charge in [0.15, 0.2) is 6.10 Å². The molecule has 0 rings (SSSR count). The van der Waals surface area contributed by atoms with Crippen molar-refractivity contribution in [3.05, 3.63) is 85.1 Å². The van der Waals surface area contributed by atoms with E-state index in [9.17, 15) is 28.9 Å². The molecule has 0 aliphatic carbocycles. The molecule has 12 heteroatoms. The van der Waals surface area contributed by atoms with Gasteiger partial charge in [-0.3, -0.25) is 23.4 Å². The van der Waals surface area contributed by atoms with Crippen molar-refractivity contribution in [3.63, 3.8) is 0 Å². The SMILES string of the molecule is CC/C=C\C/C=C\C/C=C\C/C=C\CCCCCCC(=O)OCC(COP(=O)(O)OCC(CO)OC(=O)CCCCCCC/C=C\CCCC)OC(=O)CCCCCCCCCCC/C=C\C/C=C\CCCCC. The molecule has 3 atom stereocenters. The standard InChI is InChI=1S/C62H107O11P/c1-4-7-10-13-16-19-22-24-26-28-29-31-33-35-38-41-44-47-50-53-62(66)73-59(55-69-60(64)51-48-45-42-39-37-34-32-30-27-25-23-20-17-14-11-8-5-2)57-71-74(67,68)70-56-58(54-63)72-61(65)52-49-46-43-40-36-21-18-15-12-9-6-3/h8,11,15-20,24-27,32,34,58-59,63H,4-7,9-10,12-14,21-23,28-31,33,35-57H2,1-3H3,(H,67,68)/b11-8-,18-15-,19-16-,20-17-,26-24-,27-25-,34-32-. The van der Waals surface area contributed by atoms with E-state index in [2.05, 4.69) is 106 Å². The predicted molar refractivity (Wildman–Crippen MR) is 307 cm³/mol. The molecule has 3 unspecified atom stereocenters. The van der Waals surface area contributed by atoms with Gasteiger partial charge in [-0.2, -0.15) is 0 Å². The first-order valence-corrected chi connectivity index (χ1v) is 31.0. The summed E-state index contributed by atoms with van der Waals surface area (Å²) in [5, 5.41) is 9.80. The van der Waals surface area contributed by atoms with Crippen molar-refractivity contribution in [1.82, 2.24) is 0 Å². The van der Waals surface area contributed by atoms with Crippen molar-refractivity contribution < 1.29 is 52.2 Å². The fourth-order valence-corrected chi connectivity index (χ4v) is 8.55. The molecule has 0 spiro atoms. The highest BCUT2D eigenvalue weighted by Crippen LogP contribution is 2.43. The van der Waals surface area contributed by atoms with E-state index < -0.39 is 57.8 Å². The highest BCUT2D eigenvalue weighted by Gasteiger charge is 2.28. The summed E-state index contributed by atoms with van der Waals surface area (Å²) in [6.45, 7) is 4.43. The zero-order chi connectivity index (χ0) is 54.1. The summed E-state index contributed by atoms with van der Waals surface area (Å²) >= 11 is 0. The fraction of sp³-hybridized carbons (Fsp3) is 0.726. The monoisotopic (exact) mass is 1060 g/mol. The highest BCUT2D eigenvalue weighted by molar-refractivity contribution is 7.47. The number of rotatable bonds is 54. The van der Waals surface area contributed by atoms with E-state index in [0.29, 0.717) is 19.3 Å². The molecule has 0 aromatic carbocycles. The van der Waals surface area contributed by atoms with E-state index in [4.69, 9.17) is 23.3 Å². The zero-order valence-electron chi connectivity index (χ0n) is 47.0. The van der Waals surface area contributed by atoms with Gasteiger partial charge >= 0.3 is 25.7 Å². The molecule has 0 aliphatic rings. The van der Waals surface area contributed by atoms with E-state index in [1.807, 2.05) is 0 Å². The number of ether oxygens (including phenoxy) is 3. The van der Waals surface area contributed by atoms with Crippen LogP contribution >= 0.6 is 7.82 Å². The van der Waals surface area contributed by atoms with Gasteiger partial charge in [0.05, 0.1) is 19.8 Å². The lowest BCUT2D eigenvalue weighted by atomic mass is 10.1. The van der Waals surface area contributed by atoms with Gasteiger partial charge in [-0.15, -0.1) is 0 Å². The van der Waals surface area contributed by atoms with Crippen molar-refractivity contribution in [3.8, 4) is 0 Å². The number of aliphatic hydroxyl groups excluding tert-OH is 1. The van der Waals surface area contributed by atoms with Crippen LogP contribution in [-0.2, 0) is 42.2 Å². The third-order valence-electron chi connectivity index (χ3n) is 12.3. The molecule has 0 radical (unpaired) electrons. The van der Waals surface area contributed by atoms with E-state index in [1.165, 1.54) is 70.6 Å². The molecule has 0 saturated heterocycles. The second-order valence-electron chi connectivity index (χ2n) is 19.4. The van der Waals surface area contributed by atoms with Crippen molar-refractivity contribution in [1.29, 1.82) is 0 Å². The van der Waals surface area contributed by atoms with Crippen LogP contribution in [0.15, 0.2) is 85.1 Å². The first-order valence-electron chi connectivity index (χ1n) is 29.5. The summed E-state index contributed by atoms with van der Waals surface area (Å²) in [7, 11) is -4.76. The number of hydrogen-bond acceptors (Lipinski definition) is 10. The number of allylic oxidation sites excluding steroid dienone is 14. The number of carbonyl (C=O) groups is 3. The Labute approximate surface area is 451 Å². The lowest BCUT2D eigenvalue weighted by Crippen LogP contribution is -2.30. The number of phosphoric acid groups is 1. The largest absolute Gasteiger partial charge is 0.472 e. The number of hydrogen-bond donors (Lipinski definition) is 2. The molecule has 11 nitrogen and oxygen atoms in total. The van der Waals surface area contributed by atoms with Crippen molar-refractivity contribution in [2.24, 2.45) is 0 Å². The maximum absolute atomic E-state index is 12.9. The summed E-state index contributed by atoms with van der Waals surface area (Å²) in [4.78, 5) is 48.5. The van der Waals surface area contributed by atoms with Gasteiger partial charge < -0.3 is 24.2 Å². The van der Waals surface area contributed by atoms with E-state index in [0.717, 1.165) is 122 Å². The average Bonchev–Trinajstić information content (AvgIpc) is 3.39. The van der Waals surface area contributed by atoms with Gasteiger partial charge in [0.25, 0.3) is 0 Å². The molecule has 0 amide bonds. The summed E-state index contributed by atoms with van der Waals surface area (Å²) in [6.07, 6.45) is 64.0. The van der Waals surface area contributed by atoms with Crippen LogP contribution in [0.2, 0.25) is 0 Å². The van der Waals surface area contributed by atoms with Gasteiger partial charge in [0.1, 0.15) is 12.7 Å². The predicted octanol–water partition coefficient (Wildman–Crippen LogP) is 17.5. The van der Waals surface area contributed by atoms with E-state index >= 15 is 0 Å². The maximum atomic E-state index is 12.9. The second-order valence-corrected chi connectivity index (χ2v) is 20.9. The highest BCUT2D eigenvalue weighted by atomic mass is 31.2. The number of aliphatic hydroxyl groups is 1. The Hall–Kier alpha value is -3.34. The third kappa shape index (κ3) is 53.5. The average molecular weight is 1060 g/mol. The fourth-order valence-electron chi connectivity index (χ4n) is 7.77. The van der Waals surface area contributed by atoms with E-state index in [-0.39, 0.29) is 25.9 Å². The van der Waals surface area contributed by atoms with Gasteiger partial charge in [-0.25, -0.2) is 4.57 Å². The maximum Gasteiger partial charge on any atom is 0.472 e. The van der Waals surface area contributed by atoms with Crippen LogP contribution in [-0.4, -0.2) is 66.5 Å². The molecule has 426 valence electrons. The molecule has 0 heterocycles. The molecule has 0 aromatic heterocycles. The van der Waals surface area contributed by atoms with Crippen LogP contribution < -0.4 is 0 Å². The minimum Gasteiger partial charge on any atom is -0.462 e. The molecule has 0 bridgehead atoms. The Morgan fingerprint density at radius 2 is 0.716 bits per heavy atom. The molecular weight excluding hydrogens is 952 g/mol. The lowest BCUT2D eigenvalue weighted by molar-refractivity contribution is -0.161. The first-order chi connectivity index (χ1) is 36.2. The Morgan fingerprint density at radius 3 is 1.14 bits per heavy atom. The van der Waals surface area contributed by atoms with Gasteiger partial charge in [0.2, 0.25) is 0 Å². The van der Waals surface area contributed by atoms with Crippen molar-refractivity contribution >= 4 is 25.7 Å². The second kappa shape index (κ2) is 55.9.